The molecule has 0 heterocycles. The van der Waals surface area contributed by atoms with E-state index in [2.05, 4.69) is 5.43 Å². The Balaban J connectivity index is 2.31. The summed E-state index contributed by atoms with van der Waals surface area (Å²) in [4.78, 5) is 0. The van der Waals surface area contributed by atoms with Crippen molar-refractivity contribution >= 4 is 34.8 Å². The minimum Gasteiger partial charge on any atom is -0.271 e. The van der Waals surface area contributed by atoms with E-state index in [9.17, 15) is 4.39 Å². The molecule has 2 aromatic rings. The molecule has 2 rings (SSSR count). The molecule has 1 unspecified atom stereocenters. The van der Waals surface area contributed by atoms with E-state index in [-0.39, 0.29) is 11.9 Å². The van der Waals surface area contributed by atoms with Gasteiger partial charge in [-0.25, -0.2) is 4.39 Å². The summed E-state index contributed by atoms with van der Waals surface area (Å²) in [7, 11) is 0. The molecule has 0 saturated carbocycles. The summed E-state index contributed by atoms with van der Waals surface area (Å²) in [5.74, 6) is 5.20. The van der Waals surface area contributed by atoms with Crippen LogP contribution in [0.5, 0.6) is 0 Å². The molecule has 0 radical (unpaired) electrons. The summed E-state index contributed by atoms with van der Waals surface area (Å²) >= 11 is 18.2. The van der Waals surface area contributed by atoms with Gasteiger partial charge >= 0.3 is 0 Å². The van der Waals surface area contributed by atoms with Crippen LogP contribution in [0.15, 0.2) is 36.4 Å². The summed E-state index contributed by atoms with van der Waals surface area (Å²) in [6.45, 7) is 0. The molecule has 0 aliphatic heterocycles. The molecule has 106 valence electrons. The Morgan fingerprint density at radius 1 is 1.10 bits per heavy atom. The Kier molecular flexibility index (Phi) is 5.24. The first-order valence-electron chi connectivity index (χ1n) is 5.87. The maximum absolute atomic E-state index is 13.0. The summed E-state index contributed by atoms with van der Waals surface area (Å²) in [5.41, 5.74) is 4.22. The third-order valence-electron chi connectivity index (χ3n) is 3.00. The number of hydrazine groups is 1. The van der Waals surface area contributed by atoms with Crippen molar-refractivity contribution in [2.45, 2.75) is 12.5 Å². The van der Waals surface area contributed by atoms with Crippen LogP contribution in [0.25, 0.3) is 0 Å². The van der Waals surface area contributed by atoms with Crippen molar-refractivity contribution in [1.29, 1.82) is 0 Å². The number of halogens is 4. The normalized spacial score (nSPS) is 12.4. The zero-order valence-electron chi connectivity index (χ0n) is 10.3. The molecule has 0 spiro atoms. The zero-order chi connectivity index (χ0) is 14.7. The predicted octanol–water partition coefficient (Wildman–Crippen LogP) is 4.53. The molecular formula is C14H12Cl3FN2. The number of benzene rings is 2. The van der Waals surface area contributed by atoms with Gasteiger partial charge in [0, 0.05) is 5.02 Å². The highest BCUT2D eigenvalue weighted by atomic mass is 35.5. The lowest BCUT2D eigenvalue weighted by Gasteiger charge is -2.19. The topological polar surface area (TPSA) is 38.0 Å². The van der Waals surface area contributed by atoms with E-state index in [1.165, 1.54) is 12.1 Å². The minimum atomic E-state index is -0.378. The molecule has 3 N–H and O–H groups in total. The predicted molar refractivity (Wildman–Crippen MR) is 81.6 cm³/mol. The van der Waals surface area contributed by atoms with Gasteiger partial charge in [-0.05, 0) is 35.7 Å². The molecule has 0 fully saturated rings. The molecule has 2 nitrogen and oxygen atoms in total. The second-order valence-electron chi connectivity index (χ2n) is 4.30. The van der Waals surface area contributed by atoms with Crippen LogP contribution in [0.2, 0.25) is 15.1 Å². The zero-order valence-corrected chi connectivity index (χ0v) is 12.6. The van der Waals surface area contributed by atoms with E-state index in [1.54, 1.807) is 18.2 Å². The number of nitrogens with one attached hydrogen (secondary N) is 1. The first-order valence-corrected chi connectivity index (χ1v) is 7.00. The van der Waals surface area contributed by atoms with Crippen molar-refractivity contribution in [3.05, 3.63) is 68.4 Å². The minimum absolute atomic E-state index is 0.274. The molecule has 6 heteroatoms. The second kappa shape index (κ2) is 6.74. The van der Waals surface area contributed by atoms with E-state index < -0.39 is 0 Å². The molecule has 0 bridgehead atoms. The lowest BCUT2D eigenvalue weighted by molar-refractivity contribution is 0.551. The molecule has 20 heavy (non-hydrogen) atoms. The molecule has 0 aliphatic rings. The van der Waals surface area contributed by atoms with Crippen molar-refractivity contribution < 1.29 is 4.39 Å². The summed E-state index contributed by atoms with van der Waals surface area (Å²) in [6, 6.07) is 9.30. The van der Waals surface area contributed by atoms with Gasteiger partial charge in [-0.2, -0.15) is 0 Å². The Morgan fingerprint density at radius 3 is 2.50 bits per heavy atom. The van der Waals surface area contributed by atoms with Gasteiger partial charge in [0.1, 0.15) is 5.82 Å². The summed E-state index contributed by atoms with van der Waals surface area (Å²) in [6.07, 6.45) is 0.468. The van der Waals surface area contributed by atoms with Crippen molar-refractivity contribution in [3.63, 3.8) is 0 Å². The number of hydrogen-bond acceptors (Lipinski definition) is 2. The van der Waals surface area contributed by atoms with E-state index in [4.69, 9.17) is 40.6 Å². The Morgan fingerprint density at radius 2 is 1.85 bits per heavy atom. The highest BCUT2D eigenvalue weighted by Crippen LogP contribution is 2.32. The average Bonchev–Trinajstić information content (AvgIpc) is 2.42. The molecule has 0 saturated heterocycles. The van der Waals surface area contributed by atoms with Gasteiger partial charge in [0.05, 0.1) is 16.1 Å². The molecule has 1 atom stereocenters. The van der Waals surface area contributed by atoms with Gasteiger partial charge in [0.2, 0.25) is 0 Å². The van der Waals surface area contributed by atoms with Gasteiger partial charge in [-0.15, -0.1) is 0 Å². The molecule has 0 amide bonds. The van der Waals surface area contributed by atoms with Crippen molar-refractivity contribution in [2.24, 2.45) is 5.84 Å². The van der Waals surface area contributed by atoms with Crippen LogP contribution in [0.1, 0.15) is 17.2 Å². The Bertz CT molecular complexity index is 619. The molecule has 0 aliphatic carbocycles. The van der Waals surface area contributed by atoms with E-state index in [0.717, 1.165) is 11.1 Å². The summed E-state index contributed by atoms with van der Waals surface area (Å²) in [5, 5.41) is 1.24. The van der Waals surface area contributed by atoms with Crippen molar-refractivity contribution in [2.75, 3.05) is 0 Å². The van der Waals surface area contributed by atoms with Crippen LogP contribution >= 0.6 is 34.8 Å². The molecule has 0 aromatic heterocycles. The van der Waals surface area contributed by atoms with Gasteiger partial charge in [0.25, 0.3) is 0 Å². The van der Waals surface area contributed by atoms with Crippen LogP contribution in [-0.4, -0.2) is 0 Å². The maximum Gasteiger partial charge on any atom is 0.124 e. The molecule has 2 aromatic carbocycles. The third kappa shape index (κ3) is 3.43. The van der Waals surface area contributed by atoms with Gasteiger partial charge in [0.15, 0.2) is 0 Å². The first kappa shape index (κ1) is 15.5. The van der Waals surface area contributed by atoms with E-state index in [1.807, 2.05) is 6.07 Å². The van der Waals surface area contributed by atoms with Crippen LogP contribution < -0.4 is 11.3 Å². The van der Waals surface area contributed by atoms with Crippen molar-refractivity contribution in [1.82, 2.24) is 5.43 Å². The molecular weight excluding hydrogens is 322 g/mol. The monoisotopic (exact) mass is 332 g/mol. The van der Waals surface area contributed by atoms with E-state index >= 15 is 0 Å². The Labute approximate surface area is 131 Å². The first-order chi connectivity index (χ1) is 9.52. The fraction of sp³-hybridized carbons (Fsp3) is 0.143. The lowest BCUT2D eigenvalue weighted by atomic mass is 9.99. The lowest BCUT2D eigenvalue weighted by Crippen LogP contribution is -2.30. The standard InChI is InChI=1S/C14H12Cl3FN2/c15-11-3-1-2-10(14(11)17)13(20-19)6-8-4-5-9(18)7-12(8)16/h1-5,7,13,20H,6,19H2. The number of rotatable bonds is 4. The van der Waals surface area contributed by atoms with E-state index in [0.29, 0.717) is 21.5 Å². The highest BCUT2D eigenvalue weighted by Gasteiger charge is 2.17. The quantitative estimate of drug-likeness (QED) is 0.637. The van der Waals surface area contributed by atoms with Gasteiger partial charge in [-0.3, -0.25) is 11.3 Å². The van der Waals surface area contributed by atoms with Crippen LogP contribution in [0.3, 0.4) is 0 Å². The number of nitrogens with two attached hydrogens (primary N) is 1. The van der Waals surface area contributed by atoms with Crippen molar-refractivity contribution in [3.8, 4) is 0 Å². The second-order valence-corrected chi connectivity index (χ2v) is 5.49. The van der Waals surface area contributed by atoms with Crippen LogP contribution in [0.4, 0.5) is 4.39 Å². The van der Waals surface area contributed by atoms with Crippen LogP contribution in [-0.2, 0) is 6.42 Å². The fourth-order valence-corrected chi connectivity index (χ4v) is 2.64. The summed E-state index contributed by atoms with van der Waals surface area (Å²) < 4.78 is 13.0. The van der Waals surface area contributed by atoms with Gasteiger partial charge in [-0.1, -0.05) is 53.0 Å². The smallest absolute Gasteiger partial charge is 0.124 e. The number of hydrogen-bond donors (Lipinski definition) is 2. The Hall–Kier alpha value is -0.840. The SMILES string of the molecule is NNC(Cc1ccc(F)cc1Cl)c1cccc(Cl)c1Cl. The third-order valence-corrected chi connectivity index (χ3v) is 4.18. The fourth-order valence-electron chi connectivity index (χ4n) is 1.96. The average molecular weight is 334 g/mol. The van der Waals surface area contributed by atoms with Gasteiger partial charge < -0.3 is 0 Å². The van der Waals surface area contributed by atoms with Crippen LogP contribution in [0, 0.1) is 5.82 Å². The highest BCUT2D eigenvalue weighted by molar-refractivity contribution is 6.42. The maximum atomic E-state index is 13.0. The largest absolute Gasteiger partial charge is 0.271 e.